The fraction of sp³-hybridized carbons (Fsp3) is 0.238. The molecule has 1 fully saturated rings. The lowest BCUT2D eigenvalue weighted by Crippen LogP contribution is -2.38. The first kappa shape index (κ1) is 19.6. The Balaban J connectivity index is 2.15. The smallest absolute Gasteiger partial charge is 0.295 e. The third kappa shape index (κ3) is 3.62. The number of benzene rings is 2. The van der Waals surface area contributed by atoms with Gasteiger partial charge in [-0.25, -0.2) is 0 Å². The summed E-state index contributed by atoms with van der Waals surface area (Å²) in [5, 5.41) is 20.4. The van der Waals surface area contributed by atoms with Crippen LogP contribution in [0.1, 0.15) is 17.2 Å². The van der Waals surface area contributed by atoms with E-state index >= 15 is 0 Å². The average molecular weight is 383 g/mol. The molecule has 146 valence electrons. The molecule has 0 aliphatic carbocycles. The van der Waals surface area contributed by atoms with Crippen molar-refractivity contribution in [3.05, 3.63) is 71.3 Å². The van der Waals surface area contributed by atoms with Crippen molar-refractivity contribution in [3.63, 3.8) is 0 Å². The molecule has 2 aromatic carbocycles. The van der Waals surface area contributed by atoms with Crippen molar-refractivity contribution in [2.75, 3.05) is 20.8 Å². The van der Waals surface area contributed by atoms with Gasteiger partial charge in [0.1, 0.15) is 11.5 Å². The van der Waals surface area contributed by atoms with Crippen LogP contribution in [0.3, 0.4) is 0 Å². The van der Waals surface area contributed by atoms with E-state index in [4.69, 9.17) is 9.47 Å². The zero-order valence-corrected chi connectivity index (χ0v) is 15.5. The van der Waals surface area contributed by atoms with Crippen molar-refractivity contribution in [3.8, 4) is 5.75 Å². The number of phenols is 1. The first-order valence-corrected chi connectivity index (χ1v) is 8.66. The average Bonchev–Trinajstić information content (AvgIpc) is 2.97. The van der Waals surface area contributed by atoms with Crippen LogP contribution in [0.25, 0.3) is 5.76 Å². The fourth-order valence-corrected chi connectivity index (χ4v) is 3.23. The van der Waals surface area contributed by atoms with Crippen LogP contribution in [0.4, 0.5) is 0 Å². The molecule has 1 aliphatic heterocycles. The quantitative estimate of drug-likeness (QED) is 0.344. The minimum Gasteiger partial charge on any atom is -0.508 e. The summed E-state index contributed by atoms with van der Waals surface area (Å²) in [5.74, 6) is -1.75. The molecule has 0 aromatic heterocycles. The fourth-order valence-electron chi connectivity index (χ4n) is 3.23. The molecule has 1 atom stereocenters. The van der Waals surface area contributed by atoms with E-state index in [-0.39, 0.29) is 23.6 Å². The molecule has 1 amide bonds. The minimum absolute atomic E-state index is 0.00527. The number of carbonyl (C=O) groups excluding carboxylic acids is 2. The number of rotatable bonds is 6. The lowest BCUT2D eigenvalue weighted by Gasteiger charge is -2.28. The highest BCUT2D eigenvalue weighted by atomic mass is 16.7. The standard InChI is InChI=1S/C21H21NO6/c1-27-16(28-2)12-22-18(13-8-10-15(23)11-9-13)17(20(25)21(22)26)19(24)14-6-4-3-5-7-14/h3-11,16,18,23-24H,12H2,1-2H3. The zero-order valence-electron chi connectivity index (χ0n) is 15.5. The number of aliphatic hydroxyl groups excluding tert-OH is 1. The number of hydrogen-bond donors (Lipinski definition) is 2. The van der Waals surface area contributed by atoms with Gasteiger partial charge >= 0.3 is 0 Å². The molecule has 2 N–H and O–H groups in total. The Morgan fingerprint density at radius 3 is 2.21 bits per heavy atom. The van der Waals surface area contributed by atoms with Gasteiger partial charge in [0.2, 0.25) is 0 Å². The van der Waals surface area contributed by atoms with Crippen molar-refractivity contribution in [1.29, 1.82) is 0 Å². The van der Waals surface area contributed by atoms with Gasteiger partial charge < -0.3 is 24.6 Å². The van der Waals surface area contributed by atoms with E-state index in [1.165, 1.54) is 31.3 Å². The summed E-state index contributed by atoms with van der Waals surface area (Å²) >= 11 is 0. The lowest BCUT2D eigenvalue weighted by molar-refractivity contribution is -0.149. The van der Waals surface area contributed by atoms with E-state index in [0.29, 0.717) is 11.1 Å². The molecule has 1 saturated heterocycles. The van der Waals surface area contributed by atoms with Crippen LogP contribution in [0, 0.1) is 0 Å². The topological polar surface area (TPSA) is 96.3 Å². The molecule has 7 nitrogen and oxygen atoms in total. The number of hydrogen-bond acceptors (Lipinski definition) is 6. The van der Waals surface area contributed by atoms with E-state index in [1.807, 2.05) is 0 Å². The van der Waals surface area contributed by atoms with Gasteiger partial charge in [0.15, 0.2) is 6.29 Å². The SMILES string of the molecule is COC(CN1C(=O)C(=O)C(=C(O)c2ccccc2)C1c1ccc(O)cc1)OC. The van der Waals surface area contributed by atoms with Crippen LogP contribution in [0.5, 0.6) is 5.75 Å². The van der Waals surface area contributed by atoms with Gasteiger partial charge in [-0.2, -0.15) is 0 Å². The first-order chi connectivity index (χ1) is 13.5. The number of ketones is 1. The highest BCUT2D eigenvalue weighted by Crippen LogP contribution is 2.39. The van der Waals surface area contributed by atoms with Crippen LogP contribution in [0.2, 0.25) is 0 Å². The Morgan fingerprint density at radius 2 is 1.64 bits per heavy atom. The van der Waals surface area contributed by atoms with E-state index in [2.05, 4.69) is 0 Å². The monoisotopic (exact) mass is 383 g/mol. The Labute approximate surface area is 162 Å². The Hall–Kier alpha value is -3.16. The summed E-state index contributed by atoms with van der Waals surface area (Å²) in [6.45, 7) is -0.00527. The van der Waals surface area contributed by atoms with E-state index < -0.39 is 24.0 Å². The molecule has 1 heterocycles. The van der Waals surface area contributed by atoms with Crippen molar-refractivity contribution in [2.45, 2.75) is 12.3 Å². The maximum absolute atomic E-state index is 12.8. The highest BCUT2D eigenvalue weighted by molar-refractivity contribution is 6.46. The van der Waals surface area contributed by atoms with Gasteiger partial charge in [0.25, 0.3) is 11.7 Å². The second kappa shape index (κ2) is 8.24. The number of aromatic hydroxyl groups is 1. The Bertz CT molecular complexity index is 887. The van der Waals surface area contributed by atoms with Crippen molar-refractivity contribution < 1.29 is 29.3 Å². The molecule has 2 aromatic rings. The minimum atomic E-state index is -0.839. The number of aliphatic hydroxyl groups is 1. The van der Waals surface area contributed by atoms with Gasteiger partial charge in [-0.05, 0) is 17.7 Å². The molecule has 0 saturated carbocycles. The Kier molecular flexibility index (Phi) is 5.77. The van der Waals surface area contributed by atoms with E-state index in [1.54, 1.807) is 42.5 Å². The number of methoxy groups -OCH3 is 2. The Morgan fingerprint density at radius 1 is 1.04 bits per heavy atom. The molecular formula is C21H21NO6. The summed E-state index contributed by atoms with van der Waals surface area (Å²) in [4.78, 5) is 26.8. The second-order valence-corrected chi connectivity index (χ2v) is 6.31. The summed E-state index contributed by atoms with van der Waals surface area (Å²) in [7, 11) is 2.87. The van der Waals surface area contributed by atoms with Crippen LogP contribution in [-0.2, 0) is 19.1 Å². The summed E-state index contributed by atoms with van der Waals surface area (Å²) in [6.07, 6.45) is -0.741. The maximum atomic E-state index is 12.8. The van der Waals surface area contributed by atoms with Crippen molar-refractivity contribution >= 4 is 17.4 Å². The van der Waals surface area contributed by atoms with E-state index in [0.717, 1.165) is 0 Å². The number of Topliss-reactive ketones (excluding diaryl/α,β-unsaturated/α-hetero) is 1. The predicted molar refractivity (Wildman–Crippen MR) is 101 cm³/mol. The molecular weight excluding hydrogens is 362 g/mol. The van der Waals surface area contributed by atoms with Gasteiger partial charge in [0.05, 0.1) is 18.2 Å². The number of nitrogens with zero attached hydrogens (tertiary/aromatic N) is 1. The van der Waals surface area contributed by atoms with Gasteiger partial charge in [0, 0.05) is 19.8 Å². The van der Waals surface area contributed by atoms with Crippen LogP contribution in [-0.4, -0.2) is 53.9 Å². The van der Waals surface area contributed by atoms with Crippen LogP contribution >= 0.6 is 0 Å². The number of phenolic OH excluding ortho intramolecular Hbond substituents is 1. The molecule has 0 bridgehead atoms. The van der Waals surface area contributed by atoms with Gasteiger partial charge in [-0.15, -0.1) is 0 Å². The first-order valence-electron chi connectivity index (χ1n) is 8.66. The summed E-state index contributed by atoms with van der Waals surface area (Å²) < 4.78 is 10.4. The maximum Gasteiger partial charge on any atom is 0.295 e. The zero-order chi connectivity index (χ0) is 20.3. The van der Waals surface area contributed by atoms with Crippen LogP contribution in [0.15, 0.2) is 60.2 Å². The summed E-state index contributed by atoms with van der Waals surface area (Å²) in [5.41, 5.74) is 0.979. The van der Waals surface area contributed by atoms with Crippen LogP contribution < -0.4 is 0 Å². The van der Waals surface area contributed by atoms with Crippen molar-refractivity contribution in [1.82, 2.24) is 4.90 Å². The largest absolute Gasteiger partial charge is 0.508 e. The summed E-state index contributed by atoms with van der Waals surface area (Å²) in [6, 6.07) is 13.8. The van der Waals surface area contributed by atoms with Gasteiger partial charge in [-0.3, -0.25) is 9.59 Å². The lowest BCUT2D eigenvalue weighted by atomic mass is 9.95. The number of ether oxygens (including phenoxy) is 2. The third-order valence-electron chi connectivity index (χ3n) is 4.67. The molecule has 3 rings (SSSR count). The predicted octanol–water partition coefficient (Wildman–Crippen LogP) is 2.43. The molecule has 28 heavy (non-hydrogen) atoms. The number of carbonyl (C=O) groups is 2. The molecule has 1 aliphatic rings. The number of amides is 1. The van der Waals surface area contributed by atoms with E-state index in [9.17, 15) is 19.8 Å². The number of likely N-dealkylation sites (tertiary alicyclic amines) is 1. The third-order valence-corrected chi connectivity index (χ3v) is 4.67. The van der Waals surface area contributed by atoms with Crippen molar-refractivity contribution in [2.24, 2.45) is 0 Å². The second-order valence-electron chi connectivity index (χ2n) is 6.31. The normalized spacial score (nSPS) is 18.8. The molecule has 0 spiro atoms. The molecule has 7 heteroatoms. The molecule has 0 radical (unpaired) electrons. The molecule has 1 unspecified atom stereocenters. The highest BCUT2D eigenvalue weighted by Gasteiger charge is 2.46. The van der Waals surface area contributed by atoms with Gasteiger partial charge in [-0.1, -0.05) is 42.5 Å².